The Labute approximate surface area is 200 Å². The Morgan fingerprint density at radius 2 is 1.52 bits per heavy atom. The number of amides is 3. The number of urea groups is 1. The van der Waals surface area contributed by atoms with E-state index < -0.39 is 6.03 Å². The van der Waals surface area contributed by atoms with Crippen LogP contribution in [0.5, 0.6) is 0 Å². The molecule has 0 bridgehead atoms. The predicted molar refractivity (Wildman–Crippen MR) is 131 cm³/mol. The summed E-state index contributed by atoms with van der Waals surface area (Å²) < 4.78 is 2.04. The molecular formula is C26H19Cl2N3O2. The quantitative estimate of drug-likeness (QED) is 0.280. The van der Waals surface area contributed by atoms with Crippen molar-refractivity contribution in [3.05, 3.63) is 111 Å². The van der Waals surface area contributed by atoms with E-state index in [0.717, 1.165) is 27.6 Å². The van der Waals surface area contributed by atoms with E-state index in [1.807, 2.05) is 83.6 Å². The van der Waals surface area contributed by atoms with Crippen LogP contribution in [0.25, 0.3) is 17.0 Å². The van der Waals surface area contributed by atoms with Crippen molar-refractivity contribution < 1.29 is 9.59 Å². The van der Waals surface area contributed by atoms with Gasteiger partial charge in [-0.1, -0.05) is 77.8 Å². The molecule has 0 spiro atoms. The lowest BCUT2D eigenvalue weighted by Gasteiger charge is -2.11. The van der Waals surface area contributed by atoms with E-state index >= 15 is 0 Å². The Kier molecular flexibility index (Phi) is 5.67. The molecule has 0 atom stereocenters. The van der Waals surface area contributed by atoms with Crippen LogP contribution >= 0.6 is 23.2 Å². The van der Waals surface area contributed by atoms with Crippen molar-refractivity contribution in [3.8, 4) is 0 Å². The molecule has 33 heavy (non-hydrogen) atoms. The highest BCUT2D eigenvalue weighted by atomic mass is 35.5. The van der Waals surface area contributed by atoms with Crippen molar-refractivity contribution >= 4 is 52.1 Å². The van der Waals surface area contributed by atoms with Gasteiger partial charge in [0.25, 0.3) is 5.91 Å². The molecule has 0 aliphatic carbocycles. The number of fused-ring (bicyclic) bond motifs is 1. The van der Waals surface area contributed by atoms with Gasteiger partial charge in [-0.25, -0.2) is 4.79 Å². The van der Waals surface area contributed by atoms with Gasteiger partial charge in [0, 0.05) is 38.3 Å². The van der Waals surface area contributed by atoms with Gasteiger partial charge in [0.05, 0.1) is 13.1 Å². The molecule has 1 saturated heterocycles. The van der Waals surface area contributed by atoms with Crippen LogP contribution in [-0.4, -0.2) is 21.4 Å². The normalized spacial score (nSPS) is 15.0. The van der Waals surface area contributed by atoms with Crippen LogP contribution in [0.3, 0.4) is 0 Å². The van der Waals surface area contributed by atoms with E-state index in [2.05, 4.69) is 5.32 Å². The van der Waals surface area contributed by atoms with Gasteiger partial charge in [-0.05, 0) is 29.8 Å². The zero-order valence-corrected chi connectivity index (χ0v) is 19.0. The zero-order valence-electron chi connectivity index (χ0n) is 17.5. The van der Waals surface area contributed by atoms with E-state index in [4.69, 9.17) is 23.2 Å². The summed E-state index contributed by atoms with van der Waals surface area (Å²) in [6.45, 7) is 0.693. The SMILES string of the molecule is O=C1N/C(=C\c2cn(Cc3c(Cl)cccc3Cl)c3ccccc23)C(=O)N1Cc1ccccc1. The van der Waals surface area contributed by atoms with Crippen molar-refractivity contribution in [2.75, 3.05) is 0 Å². The van der Waals surface area contributed by atoms with Crippen molar-refractivity contribution in [3.63, 3.8) is 0 Å². The summed E-state index contributed by atoms with van der Waals surface area (Å²) in [5.74, 6) is -0.352. The molecule has 0 radical (unpaired) electrons. The molecule has 3 aromatic carbocycles. The van der Waals surface area contributed by atoms with Crippen molar-refractivity contribution in [2.45, 2.75) is 13.1 Å². The van der Waals surface area contributed by atoms with Crippen LogP contribution in [0.4, 0.5) is 4.79 Å². The first kappa shape index (κ1) is 21.3. The molecule has 1 N–H and O–H groups in total. The van der Waals surface area contributed by atoms with Gasteiger partial charge >= 0.3 is 6.03 Å². The van der Waals surface area contributed by atoms with Crippen LogP contribution in [0.1, 0.15) is 16.7 Å². The lowest BCUT2D eigenvalue weighted by Crippen LogP contribution is -2.30. The third kappa shape index (κ3) is 4.13. The minimum atomic E-state index is -0.429. The topological polar surface area (TPSA) is 54.3 Å². The van der Waals surface area contributed by atoms with Gasteiger partial charge in [0.2, 0.25) is 0 Å². The second-order valence-corrected chi connectivity index (χ2v) is 8.61. The van der Waals surface area contributed by atoms with Crippen molar-refractivity contribution in [1.82, 2.24) is 14.8 Å². The first-order valence-electron chi connectivity index (χ1n) is 10.4. The number of nitrogens with one attached hydrogen (secondary N) is 1. The number of halogens is 2. The fraction of sp³-hybridized carbons (Fsp3) is 0.0769. The maximum atomic E-state index is 13.0. The number of carbonyl (C=O) groups excluding carboxylic acids is 2. The molecule has 0 saturated carbocycles. The maximum absolute atomic E-state index is 13.0. The fourth-order valence-electron chi connectivity index (χ4n) is 4.01. The van der Waals surface area contributed by atoms with Crippen LogP contribution in [-0.2, 0) is 17.9 Å². The van der Waals surface area contributed by atoms with Gasteiger partial charge in [-0.15, -0.1) is 0 Å². The van der Waals surface area contributed by atoms with Crippen molar-refractivity contribution in [2.24, 2.45) is 0 Å². The first-order chi connectivity index (χ1) is 16.0. The summed E-state index contributed by atoms with van der Waals surface area (Å²) >= 11 is 12.8. The molecule has 5 rings (SSSR count). The van der Waals surface area contributed by atoms with Gasteiger partial charge in [0.15, 0.2) is 0 Å². The number of hydrogen-bond donors (Lipinski definition) is 1. The summed E-state index contributed by atoms with van der Waals surface area (Å²) in [7, 11) is 0. The number of imide groups is 1. The highest BCUT2D eigenvalue weighted by Crippen LogP contribution is 2.30. The lowest BCUT2D eigenvalue weighted by molar-refractivity contribution is -0.123. The third-order valence-electron chi connectivity index (χ3n) is 5.66. The average molecular weight is 476 g/mol. The van der Waals surface area contributed by atoms with Crippen LogP contribution in [0.2, 0.25) is 10.0 Å². The van der Waals surface area contributed by atoms with Gasteiger partial charge in [0.1, 0.15) is 5.70 Å². The summed E-state index contributed by atoms with van der Waals surface area (Å²) in [5, 5.41) is 4.85. The number of rotatable bonds is 5. The van der Waals surface area contributed by atoms with Gasteiger partial charge < -0.3 is 9.88 Å². The van der Waals surface area contributed by atoms with E-state index in [1.54, 1.807) is 6.08 Å². The second-order valence-electron chi connectivity index (χ2n) is 7.79. The monoisotopic (exact) mass is 475 g/mol. The summed E-state index contributed by atoms with van der Waals surface area (Å²) in [5.41, 5.74) is 3.74. The van der Waals surface area contributed by atoms with E-state index in [0.29, 0.717) is 16.6 Å². The number of para-hydroxylation sites is 1. The molecule has 3 amide bonds. The number of benzene rings is 3. The molecular weight excluding hydrogens is 457 g/mol. The molecule has 1 aliphatic heterocycles. The highest BCUT2D eigenvalue weighted by Gasteiger charge is 2.33. The van der Waals surface area contributed by atoms with Crippen molar-refractivity contribution in [1.29, 1.82) is 0 Å². The molecule has 7 heteroatoms. The second kappa shape index (κ2) is 8.77. The number of nitrogens with zero attached hydrogens (tertiary/aromatic N) is 2. The maximum Gasteiger partial charge on any atom is 0.329 e. The van der Waals surface area contributed by atoms with Crippen LogP contribution in [0.15, 0.2) is 84.7 Å². The standard InChI is InChI=1S/C26H19Cl2N3O2/c27-21-10-6-11-22(28)20(21)16-30-15-18(19-9-4-5-12-24(19)30)13-23-25(32)31(26(33)29-23)14-17-7-2-1-3-8-17/h1-13,15H,14,16H2,(H,29,33)/b23-13-. The van der Waals surface area contributed by atoms with Gasteiger partial charge in [-0.3, -0.25) is 9.69 Å². The van der Waals surface area contributed by atoms with E-state index in [9.17, 15) is 9.59 Å². The molecule has 1 fully saturated rings. The summed E-state index contributed by atoms with van der Waals surface area (Å²) in [6.07, 6.45) is 3.66. The minimum Gasteiger partial charge on any atom is -0.342 e. The largest absolute Gasteiger partial charge is 0.342 e. The Hall–Kier alpha value is -3.54. The Bertz CT molecular complexity index is 1390. The molecule has 1 aromatic heterocycles. The molecule has 2 heterocycles. The van der Waals surface area contributed by atoms with E-state index in [-0.39, 0.29) is 18.1 Å². The summed E-state index contributed by atoms with van der Waals surface area (Å²) in [6, 6.07) is 22.3. The van der Waals surface area contributed by atoms with E-state index in [1.165, 1.54) is 4.90 Å². The molecule has 0 unspecified atom stereocenters. The minimum absolute atomic E-state index is 0.218. The molecule has 1 aliphatic rings. The number of hydrogen-bond acceptors (Lipinski definition) is 2. The predicted octanol–water partition coefficient (Wildman–Crippen LogP) is 6.09. The van der Waals surface area contributed by atoms with Crippen LogP contribution < -0.4 is 5.32 Å². The average Bonchev–Trinajstić information content (AvgIpc) is 3.29. The molecule has 5 nitrogen and oxygen atoms in total. The summed E-state index contributed by atoms with van der Waals surface area (Å²) in [4.78, 5) is 26.7. The first-order valence-corrected chi connectivity index (χ1v) is 11.2. The lowest BCUT2D eigenvalue weighted by atomic mass is 10.1. The third-order valence-corrected chi connectivity index (χ3v) is 6.36. The molecule has 4 aromatic rings. The Balaban J connectivity index is 1.49. The van der Waals surface area contributed by atoms with Gasteiger partial charge in [-0.2, -0.15) is 0 Å². The molecule has 164 valence electrons. The number of aromatic nitrogens is 1. The van der Waals surface area contributed by atoms with Crippen LogP contribution in [0, 0.1) is 0 Å². The Morgan fingerprint density at radius 3 is 2.27 bits per heavy atom. The fourth-order valence-corrected chi connectivity index (χ4v) is 4.53. The smallest absolute Gasteiger partial charge is 0.329 e. The highest BCUT2D eigenvalue weighted by molar-refractivity contribution is 6.36. The zero-order chi connectivity index (χ0) is 22.9. The number of carbonyl (C=O) groups is 2. The Morgan fingerprint density at radius 1 is 0.818 bits per heavy atom.